The molecule has 1 fully saturated rings. The second-order valence-electron chi connectivity index (χ2n) is 5.19. The Bertz CT molecular complexity index is 481. The van der Waals surface area contributed by atoms with Gasteiger partial charge in [-0.15, -0.1) is 0 Å². The molecule has 110 valence electrons. The molecule has 1 aliphatic rings. The summed E-state index contributed by atoms with van der Waals surface area (Å²) in [7, 11) is 0. The van der Waals surface area contributed by atoms with Gasteiger partial charge >= 0.3 is 6.03 Å². The second-order valence-corrected chi connectivity index (χ2v) is 5.19. The number of anilines is 1. The summed E-state index contributed by atoms with van der Waals surface area (Å²) in [6, 6.07) is 2.57. The molecule has 0 aliphatic carbocycles. The first-order valence-corrected chi connectivity index (χ1v) is 6.77. The number of halogens is 2. The lowest BCUT2D eigenvalue weighted by Crippen LogP contribution is -2.43. The molecular weight excluding hydrogens is 264 g/mol. The maximum absolute atomic E-state index is 13.4. The highest BCUT2D eigenvalue weighted by atomic mass is 19.1. The van der Waals surface area contributed by atoms with E-state index in [1.54, 1.807) is 0 Å². The van der Waals surface area contributed by atoms with Crippen LogP contribution in [0.15, 0.2) is 18.2 Å². The van der Waals surface area contributed by atoms with E-state index < -0.39 is 17.7 Å². The standard InChI is InChI=1S/C14H19F2N3O/c1-9-4-5-17-7-10(9)8-18-14(20)19-13-3-2-11(15)6-12(13)16/h2-3,6,9-10,17H,4-5,7-8H2,1H3,(H2,18,19,20). The molecule has 2 amide bonds. The van der Waals surface area contributed by atoms with Crippen molar-refractivity contribution >= 4 is 11.7 Å². The van der Waals surface area contributed by atoms with Gasteiger partial charge in [-0.2, -0.15) is 0 Å². The molecule has 6 heteroatoms. The molecule has 3 N–H and O–H groups in total. The smallest absolute Gasteiger partial charge is 0.319 e. The number of hydrogen-bond donors (Lipinski definition) is 3. The monoisotopic (exact) mass is 283 g/mol. The predicted octanol–water partition coefficient (Wildman–Crippen LogP) is 2.33. The zero-order chi connectivity index (χ0) is 14.5. The minimum absolute atomic E-state index is 0.0290. The van der Waals surface area contributed by atoms with Crippen LogP contribution in [0.1, 0.15) is 13.3 Å². The third kappa shape index (κ3) is 3.90. The number of nitrogens with one attached hydrogen (secondary N) is 3. The highest BCUT2D eigenvalue weighted by Crippen LogP contribution is 2.18. The first-order valence-electron chi connectivity index (χ1n) is 6.77. The van der Waals surface area contributed by atoms with Crippen molar-refractivity contribution in [1.29, 1.82) is 0 Å². The molecule has 0 saturated carbocycles. The van der Waals surface area contributed by atoms with Crippen molar-refractivity contribution in [2.75, 3.05) is 25.0 Å². The number of urea groups is 1. The van der Waals surface area contributed by atoms with Crippen molar-refractivity contribution in [2.45, 2.75) is 13.3 Å². The Morgan fingerprint density at radius 1 is 1.45 bits per heavy atom. The predicted molar refractivity (Wildman–Crippen MR) is 73.5 cm³/mol. The summed E-state index contributed by atoms with van der Waals surface area (Å²) in [5.41, 5.74) is -0.0290. The maximum Gasteiger partial charge on any atom is 0.319 e. The van der Waals surface area contributed by atoms with Gasteiger partial charge in [0.1, 0.15) is 11.6 Å². The second kappa shape index (κ2) is 6.65. The Kier molecular flexibility index (Phi) is 4.89. The van der Waals surface area contributed by atoms with Crippen LogP contribution in [0, 0.1) is 23.5 Å². The van der Waals surface area contributed by atoms with Crippen LogP contribution >= 0.6 is 0 Å². The Labute approximate surface area is 116 Å². The van der Waals surface area contributed by atoms with Crippen LogP contribution in [0.5, 0.6) is 0 Å². The zero-order valence-electron chi connectivity index (χ0n) is 11.4. The first-order chi connectivity index (χ1) is 9.56. The Balaban J connectivity index is 1.83. The fourth-order valence-corrected chi connectivity index (χ4v) is 2.31. The summed E-state index contributed by atoms with van der Waals surface area (Å²) in [5.74, 6) is -0.546. The molecule has 0 bridgehead atoms. The Hall–Kier alpha value is -1.69. The van der Waals surface area contributed by atoms with Crippen LogP contribution < -0.4 is 16.0 Å². The number of carbonyl (C=O) groups is 1. The van der Waals surface area contributed by atoms with E-state index in [0.717, 1.165) is 31.6 Å². The molecule has 1 heterocycles. The third-order valence-electron chi connectivity index (χ3n) is 3.69. The van der Waals surface area contributed by atoms with Crippen LogP contribution in [-0.4, -0.2) is 25.7 Å². The van der Waals surface area contributed by atoms with Gasteiger partial charge in [0.05, 0.1) is 5.69 Å². The van der Waals surface area contributed by atoms with E-state index in [9.17, 15) is 13.6 Å². The van der Waals surface area contributed by atoms with Crippen molar-refractivity contribution in [1.82, 2.24) is 10.6 Å². The van der Waals surface area contributed by atoms with Gasteiger partial charge in [0.25, 0.3) is 0 Å². The molecule has 20 heavy (non-hydrogen) atoms. The zero-order valence-corrected chi connectivity index (χ0v) is 11.4. The molecule has 2 atom stereocenters. The Morgan fingerprint density at radius 2 is 2.25 bits per heavy atom. The van der Waals surface area contributed by atoms with Crippen LogP contribution in [-0.2, 0) is 0 Å². The first kappa shape index (κ1) is 14.7. The van der Waals surface area contributed by atoms with E-state index in [1.165, 1.54) is 6.07 Å². The molecule has 1 aromatic rings. The van der Waals surface area contributed by atoms with Gasteiger partial charge in [-0.05, 0) is 43.5 Å². The largest absolute Gasteiger partial charge is 0.338 e. The van der Waals surface area contributed by atoms with Crippen LogP contribution in [0.2, 0.25) is 0 Å². The van der Waals surface area contributed by atoms with Crippen molar-refractivity contribution in [3.8, 4) is 0 Å². The van der Waals surface area contributed by atoms with Crippen molar-refractivity contribution < 1.29 is 13.6 Å². The Morgan fingerprint density at radius 3 is 2.95 bits per heavy atom. The van der Waals surface area contributed by atoms with E-state index in [0.29, 0.717) is 18.4 Å². The average molecular weight is 283 g/mol. The minimum Gasteiger partial charge on any atom is -0.338 e. The van der Waals surface area contributed by atoms with Gasteiger partial charge in [0, 0.05) is 12.6 Å². The number of benzene rings is 1. The fraction of sp³-hybridized carbons (Fsp3) is 0.500. The molecule has 2 rings (SSSR count). The average Bonchev–Trinajstić information content (AvgIpc) is 2.41. The van der Waals surface area contributed by atoms with E-state index in [2.05, 4.69) is 22.9 Å². The van der Waals surface area contributed by atoms with Gasteiger partial charge in [0.2, 0.25) is 0 Å². The topological polar surface area (TPSA) is 53.2 Å². The van der Waals surface area contributed by atoms with Gasteiger partial charge in [0.15, 0.2) is 0 Å². The van der Waals surface area contributed by atoms with Crippen molar-refractivity contribution in [2.24, 2.45) is 11.8 Å². The van der Waals surface area contributed by atoms with Gasteiger partial charge in [-0.25, -0.2) is 13.6 Å². The lowest BCUT2D eigenvalue weighted by atomic mass is 9.88. The summed E-state index contributed by atoms with van der Waals surface area (Å²) in [4.78, 5) is 11.7. The molecule has 1 saturated heterocycles. The van der Waals surface area contributed by atoms with Gasteiger partial charge in [-0.1, -0.05) is 6.92 Å². The molecule has 0 spiro atoms. The van der Waals surface area contributed by atoms with E-state index >= 15 is 0 Å². The highest BCUT2D eigenvalue weighted by molar-refractivity contribution is 5.89. The highest BCUT2D eigenvalue weighted by Gasteiger charge is 2.21. The molecule has 1 aliphatic heterocycles. The molecule has 2 unspecified atom stereocenters. The quantitative estimate of drug-likeness (QED) is 0.797. The summed E-state index contributed by atoms with van der Waals surface area (Å²) in [6.45, 7) is 4.56. The van der Waals surface area contributed by atoms with Crippen LogP contribution in [0.4, 0.5) is 19.3 Å². The minimum atomic E-state index is -0.784. The van der Waals surface area contributed by atoms with Crippen molar-refractivity contribution in [3.63, 3.8) is 0 Å². The number of hydrogen-bond acceptors (Lipinski definition) is 2. The van der Waals surface area contributed by atoms with Crippen molar-refractivity contribution in [3.05, 3.63) is 29.8 Å². The lowest BCUT2D eigenvalue weighted by Gasteiger charge is -2.29. The number of carbonyl (C=O) groups excluding carboxylic acids is 1. The molecule has 0 radical (unpaired) electrons. The summed E-state index contributed by atoms with van der Waals surface area (Å²) < 4.78 is 26.1. The molecular formula is C14H19F2N3O. The number of amides is 2. The summed E-state index contributed by atoms with van der Waals surface area (Å²) in [5, 5.41) is 8.38. The van der Waals surface area contributed by atoms with Crippen LogP contribution in [0.25, 0.3) is 0 Å². The SMILES string of the molecule is CC1CCNCC1CNC(=O)Nc1ccc(F)cc1F. The van der Waals surface area contributed by atoms with E-state index in [1.807, 2.05) is 0 Å². The van der Waals surface area contributed by atoms with Gasteiger partial charge < -0.3 is 16.0 Å². The summed E-state index contributed by atoms with van der Waals surface area (Å²) >= 11 is 0. The van der Waals surface area contributed by atoms with Crippen LogP contribution in [0.3, 0.4) is 0 Å². The van der Waals surface area contributed by atoms with E-state index in [4.69, 9.17) is 0 Å². The summed E-state index contributed by atoms with van der Waals surface area (Å²) in [6.07, 6.45) is 1.08. The number of piperidine rings is 1. The lowest BCUT2D eigenvalue weighted by molar-refractivity contribution is 0.238. The molecule has 1 aromatic carbocycles. The normalized spacial score (nSPS) is 22.4. The fourth-order valence-electron chi connectivity index (χ4n) is 2.31. The van der Waals surface area contributed by atoms with E-state index in [-0.39, 0.29) is 5.69 Å². The molecule has 0 aromatic heterocycles. The number of rotatable bonds is 3. The van der Waals surface area contributed by atoms with Gasteiger partial charge in [-0.3, -0.25) is 0 Å². The maximum atomic E-state index is 13.4. The third-order valence-corrected chi connectivity index (χ3v) is 3.69. The molecule has 4 nitrogen and oxygen atoms in total.